The van der Waals surface area contributed by atoms with Crippen molar-refractivity contribution < 1.29 is 4.74 Å². The van der Waals surface area contributed by atoms with Crippen molar-refractivity contribution in [3.8, 4) is 11.1 Å². The average molecular weight is 339 g/mol. The summed E-state index contributed by atoms with van der Waals surface area (Å²) in [6, 6.07) is 25.3. The minimum Gasteiger partial charge on any atom is -0.475 e. The molecule has 1 heterocycles. The lowest BCUT2D eigenvalue weighted by molar-refractivity contribution is 0.348. The van der Waals surface area contributed by atoms with Crippen molar-refractivity contribution in [1.29, 1.82) is 0 Å². The van der Waals surface area contributed by atoms with E-state index in [1.807, 2.05) is 6.07 Å². The van der Waals surface area contributed by atoms with Crippen LogP contribution in [0, 0.1) is 6.92 Å². The Labute approximate surface area is 154 Å². The van der Waals surface area contributed by atoms with E-state index in [0.717, 1.165) is 18.0 Å². The number of benzene rings is 3. The zero-order valence-corrected chi connectivity index (χ0v) is 14.9. The molecule has 0 atom stereocenters. The van der Waals surface area contributed by atoms with Crippen molar-refractivity contribution in [1.82, 2.24) is 0 Å². The van der Waals surface area contributed by atoms with Crippen LogP contribution in [0.4, 0.5) is 0 Å². The van der Waals surface area contributed by atoms with Gasteiger partial charge in [-0.15, -0.1) is 0 Å². The molecular formula is C24H21NO. The summed E-state index contributed by atoms with van der Waals surface area (Å²) in [5.74, 6) is 0.770. The highest BCUT2D eigenvalue weighted by Crippen LogP contribution is 2.28. The summed E-state index contributed by atoms with van der Waals surface area (Å²) in [7, 11) is 0. The van der Waals surface area contributed by atoms with Crippen LogP contribution in [-0.4, -0.2) is 19.0 Å². The Kier molecular flexibility index (Phi) is 4.65. The molecule has 26 heavy (non-hydrogen) atoms. The highest BCUT2D eigenvalue weighted by Gasteiger charge is 2.17. The van der Waals surface area contributed by atoms with Gasteiger partial charge in [-0.1, -0.05) is 84.9 Å². The lowest BCUT2D eigenvalue weighted by Gasteiger charge is -2.13. The second-order valence-corrected chi connectivity index (χ2v) is 6.40. The third-order valence-corrected chi connectivity index (χ3v) is 4.56. The zero-order chi connectivity index (χ0) is 17.8. The third-order valence-electron chi connectivity index (χ3n) is 4.56. The average Bonchev–Trinajstić information content (AvgIpc) is 3.22. The van der Waals surface area contributed by atoms with Crippen LogP contribution in [0.2, 0.25) is 0 Å². The Hall–Kier alpha value is -3.13. The van der Waals surface area contributed by atoms with Crippen LogP contribution >= 0.6 is 0 Å². The van der Waals surface area contributed by atoms with Crippen LogP contribution in [0.3, 0.4) is 0 Å². The van der Waals surface area contributed by atoms with Crippen LogP contribution < -0.4 is 0 Å². The molecule has 3 aromatic carbocycles. The van der Waals surface area contributed by atoms with Gasteiger partial charge in [0.05, 0.1) is 6.54 Å². The van der Waals surface area contributed by atoms with Crippen molar-refractivity contribution in [3.05, 3.63) is 95.1 Å². The van der Waals surface area contributed by atoms with Crippen molar-refractivity contribution >= 4 is 18.0 Å². The summed E-state index contributed by atoms with van der Waals surface area (Å²) in [5.41, 5.74) is 7.03. The van der Waals surface area contributed by atoms with Crippen LogP contribution in [-0.2, 0) is 4.74 Å². The zero-order valence-electron chi connectivity index (χ0n) is 14.9. The molecule has 4 rings (SSSR count). The summed E-state index contributed by atoms with van der Waals surface area (Å²) >= 11 is 0. The molecule has 0 aliphatic carbocycles. The topological polar surface area (TPSA) is 21.6 Å². The van der Waals surface area contributed by atoms with E-state index in [-0.39, 0.29) is 0 Å². The molecule has 128 valence electrons. The van der Waals surface area contributed by atoms with Gasteiger partial charge >= 0.3 is 0 Å². The van der Waals surface area contributed by atoms with E-state index < -0.39 is 0 Å². The molecule has 1 aliphatic heterocycles. The second kappa shape index (κ2) is 7.40. The quantitative estimate of drug-likeness (QED) is 0.566. The van der Waals surface area contributed by atoms with Gasteiger partial charge in [0, 0.05) is 5.56 Å². The van der Waals surface area contributed by atoms with Crippen molar-refractivity contribution in [2.75, 3.05) is 13.2 Å². The molecule has 2 nitrogen and oxygen atoms in total. The number of nitrogens with zero attached hydrogens (tertiary/aromatic N) is 1. The molecule has 0 saturated carbocycles. The van der Waals surface area contributed by atoms with Crippen molar-refractivity contribution in [3.63, 3.8) is 0 Å². The molecule has 3 aromatic rings. The van der Waals surface area contributed by atoms with E-state index in [2.05, 4.69) is 90.8 Å². The Morgan fingerprint density at radius 1 is 0.808 bits per heavy atom. The highest BCUT2D eigenvalue weighted by molar-refractivity contribution is 6.02. The molecule has 0 fully saturated rings. The summed E-state index contributed by atoms with van der Waals surface area (Å²) < 4.78 is 5.73. The molecule has 0 aromatic heterocycles. The first-order valence-electron chi connectivity index (χ1n) is 8.92. The van der Waals surface area contributed by atoms with Crippen LogP contribution in [0.15, 0.2) is 77.8 Å². The van der Waals surface area contributed by atoms with Gasteiger partial charge in [0.1, 0.15) is 6.61 Å². The van der Waals surface area contributed by atoms with Gasteiger partial charge in [0.25, 0.3) is 0 Å². The lowest BCUT2D eigenvalue weighted by Crippen LogP contribution is -2.06. The number of hydrogen-bond donors (Lipinski definition) is 0. The molecular weight excluding hydrogens is 318 g/mol. The van der Waals surface area contributed by atoms with Crippen molar-refractivity contribution in [2.24, 2.45) is 4.99 Å². The van der Waals surface area contributed by atoms with Gasteiger partial charge in [-0.2, -0.15) is 0 Å². The van der Waals surface area contributed by atoms with E-state index >= 15 is 0 Å². The van der Waals surface area contributed by atoms with E-state index in [1.165, 1.54) is 27.8 Å². The Morgan fingerprint density at radius 3 is 2.23 bits per heavy atom. The van der Waals surface area contributed by atoms with Crippen LogP contribution in [0.1, 0.15) is 22.3 Å². The van der Waals surface area contributed by atoms with E-state index in [0.29, 0.717) is 6.61 Å². The number of rotatable bonds is 4. The lowest BCUT2D eigenvalue weighted by atomic mass is 9.95. The van der Waals surface area contributed by atoms with Gasteiger partial charge in [0.2, 0.25) is 5.90 Å². The number of ether oxygens (including phenoxy) is 1. The van der Waals surface area contributed by atoms with Crippen LogP contribution in [0.25, 0.3) is 23.3 Å². The molecule has 0 radical (unpaired) electrons. The minimum absolute atomic E-state index is 0.673. The Bertz CT molecular complexity index is 953. The molecule has 0 amide bonds. The van der Waals surface area contributed by atoms with Crippen LogP contribution in [0.5, 0.6) is 0 Å². The fourth-order valence-electron chi connectivity index (χ4n) is 3.21. The summed E-state index contributed by atoms with van der Waals surface area (Å²) in [6.45, 7) is 3.53. The third kappa shape index (κ3) is 3.45. The Morgan fingerprint density at radius 2 is 1.54 bits per heavy atom. The SMILES string of the molecule is Cc1cccc(-c2ccc(/C=C/c3ccccc3)cc2)c1C1=NCCO1. The number of aliphatic imine (C=N–C) groups is 1. The fraction of sp³-hybridized carbons (Fsp3) is 0.125. The van der Waals surface area contributed by atoms with E-state index in [9.17, 15) is 0 Å². The summed E-state index contributed by atoms with van der Waals surface area (Å²) in [6.07, 6.45) is 4.27. The van der Waals surface area contributed by atoms with Gasteiger partial charge in [-0.05, 0) is 34.7 Å². The maximum Gasteiger partial charge on any atom is 0.217 e. The predicted molar refractivity (Wildman–Crippen MR) is 109 cm³/mol. The van der Waals surface area contributed by atoms with E-state index in [4.69, 9.17) is 4.74 Å². The predicted octanol–water partition coefficient (Wildman–Crippen LogP) is 5.61. The van der Waals surface area contributed by atoms with Gasteiger partial charge in [-0.3, -0.25) is 0 Å². The summed E-state index contributed by atoms with van der Waals surface area (Å²) in [4.78, 5) is 4.52. The first-order chi connectivity index (χ1) is 12.8. The normalized spacial score (nSPS) is 13.7. The highest BCUT2D eigenvalue weighted by atomic mass is 16.5. The molecule has 2 heteroatoms. The van der Waals surface area contributed by atoms with Crippen molar-refractivity contribution in [2.45, 2.75) is 6.92 Å². The first-order valence-corrected chi connectivity index (χ1v) is 8.92. The largest absolute Gasteiger partial charge is 0.475 e. The second-order valence-electron chi connectivity index (χ2n) is 6.40. The Balaban J connectivity index is 1.64. The minimum atomic E-state index is 0.673. The fourth-order valence-corrected chi connectivity index (χ4v) is 3.21. The van der Waals surface area contributed by atoms with E-state index in [1.54, 1.807) is 0 Å². The molecule has 0 unspecified atom stereocenters. The smallest absolute Gasteiger partial charge is 0.217 e. The monoisotopic (exact) mass is 339 g/mol. The van der Waals surface area contributed by atoms with Gasteiger partial charge in [-0.25, -0.2) is 4.99 Å². The maximum atomic E-state index is 5.73. The standard InChI is InChI=1S/C24H21NO/c1-18-6-5-9-22(23(18)24-25-16-17-26-24)21-14-12-20(13-15-21)11-10-19-7-3-2-4-8-19/h2-15H,16-17H2,1H3/b11-10+. The molecule has 0 N–H and O–H groups in total. The number of aryl methyl sites for hydroxylation is 1. The maximum absolute atomic E-state index is 5.73. The first kappa shape index (κ1) is 16.3. The van der Waals surface area contributed by atoms with Gasteiger partial charge < -0.3 is 4.74 Å². The summed E-state index contributed by atoms with van der Waals surface area (Å²) in [5, 5.41) is 0. The van der Waals surface area contributed by atoms with Gasteiger partial charge in [0.15, 0.2) is 0 Å². The molecule has 0 bridgehead atoms. The molecule has 0 saturated heterocycles. The molecule has 0 spiro atoms. The molecule has 1 aliphatic rings. The number of hydrogen-bond acceptors (Lipinski definition) is 2.